The molecule has 2 N–H and O–H groups in total. The van der Waals surface area contributed by atoms with Crippen LogP contribution in [-0.2, 0) is 4.79 Å². The normalized spacial score (nSPS) is 12.9. The minimum Gasteiger partial charge on any atom is -0.483 e. The molecular weight excluding hydrogens is 292 g/mol. The molecule has 0 saturated heterocycles. The highest BCUT2D eigenvalue weighted by atomic mass is 19.4. The van der Waals surface area contributed by atoms with Crippen molar-refractivity contribution in [2.24, 2.45) is 0 Å². The van der Waals surface area contributed by atoms with Crippen molar-refractivity contribution in [3.63, 3.8) is 0 Å². The van der Waals surface area contributed by atoms with Gasteiger partial charge in [-0.3, -0.25) is 4.79 Å². The van der Waals surface area contributed by atoms with Crippen LogP contribution < -0.4 is 15.4 Å². The summed E-state index contributed by atoms with van der Waals surface area (Å²) in [6.45, 7) is -0.241. The number of halogens is 4. The van der Waals surface area contributed by atoms with Crippen LogP contribution in [0.4, 0.5) is 17.6 Å². The third-order valence-electron chi connectivity index (χ3n) is 2.72. The first-order valence-electron chi connectivity index (χ1n) is 6.16. The van der Waals surface area contributed by atoms with Crippen LogP contribution in [0.25, 0.3) is 0 Å². The van der Waals surface area contributed by atoms with Gasteiger partial charge in [0, 0.05) is 11.6 Å². The summed E-state index contributed by atoms with van der Waals surface area (Å²) in [6.07, 6.45) is -4.47. The summed E-state index contributed by atoms with van der Waals surface area (Å²) in [6, 6.07) is 3.48. The van der Waals surface area contributed by atoms with Gasteiger partial charge in [-0.2, -0.15) is 13.2 Å². The molecule has 4 nitrogen and oxygen atoms in total. The highest BCUT2D eigenvalue weighted by Crippen LogP contribution is 2.25. The fourth-order valence-electron chi connectivity index (χ4n) is 1.54. The molecule has 118 valence electrons. The minimum absolute atomic E-state index is 0.236. The quantitative estimate of drug-likeness (QED) is 0.792. The van der Waals surface area contributed by atoms with Crippen LogP contribution in [0.2, 0.25) is 0 Å². The molecule has 8 heteroatoms. The molecule has 0 aliphatic carbocycles. The van der Waals surface area contributed by atoms with Gasteiger partial charge in [-0.05, 0) is 32.2 Å². The van der Waals surface area contributed by atoms with Crippen molar-refractivity contribution in [1.82, 2.24) is 10.6 Å². The molecule has 1 rings (SSSR count). The van der Waals surface area contributed by atoms with E-state index in [1.54, 1.807) is 19.3 Å². The first-order chi connectivity index (χ1) is 9.73. The summed E-state index contributed by atoms with van der Waals surface area (Å²) < 4.78 is 54.2. The van der Waals surface area contributed by atoms with Crippen molar-refractivity contribution in [2.45, 2.75) is 19.1 Å². The number of ether oxygens (including phenoxy) is 1. The van der Waals surface area contributed by atoms with Gasteiger partial charge < -0.3 is 15.4 Å². The summed E-state index contributed by atoms with van der Waals surface area (Å²) >= 11 is 0. The molecule has 0 saturated carbocycles. The molecule has 0 bridgehead atoms. The molecule has 0 spiro atoms. The van der Waals surface area contributed by atoms with Gasteiger partial charge in [-0.1, -0.05) is 0 Å². The van der Waals surface area contributed by atoms with Crippen LogP contribution in [-0.4, -0.2) is 32.3 Å². The Morgan fingerprint density at radius 1 is 1.38 bits per heavy atom. The van der Waals surface area contributed by atoms with Crippen molar-refractivity contribution in [1.29, 1.82) is 0 Å². The Kier molecular flexibility index (Phi) is 5.95. The Hall–Kier alpha value is -1.83. The highest BCUT2D eigenvalue weighted by molar-refractivity contribution is 5.77. The second-order valence-corrected chi connectivity index (χ2v) is 4.37. The number of nitrogens with one attached hydrogen (secondary N) is 2. The van der Waals surface area contributed by atoms with Crippen LogP contribution in [0.3, 0.4) is 0 Å². The largest absolute Gasteiger partial charge is 0.483 e. The number of benzene rings is 1. The second-order valence-electron chi connectivity index (χ2n) is 4.37. The minimum atomic E-state index is -4.47. The maximum absolute atomic E-state index is 13.2. The van der Waals surface area contributed by atoms with E-state index in [1.165, 1.54) is 12.1 Å². The number of amides is 1. The van der Waals surface area contributed by atoms with Gasteiger partial charge in [0.1, 0.15) is 18.1 Å². The van der Waals surface area contributed by atoms with Crippen molar-refractivity contribution in [2.75, 3.05) is 20.2 Å². The molecular formula is C13H16F4N2O2. The van der Waals surface area contributed by atoms with Crippen LogP contribution in [0.1, 0.15) is 18.5 Å². The third-order valence-corrected chi connectivity index (χ3v) is 2.72. The number of rotatable bonds is 6. The number of hydrogen-bond donors (Lipinski definition) is 2. The lowest BCUT2D eigenvalue weighted by Gasteiger charge is -2.16. The van der Waals surface area contributed by atoms with Crippen molar-refractivity contribution < 1.29 is 27.1 Å². The molecule has 0 aromatic heterocycles. The van der Waals surface area contributed by atoms with Gasteiger partial charge in [-0.25, -0.2) is 4.39 Å². The Balaban J connectivity index is 2.65. The zero-order chi connectivity index (χ0) is 16.0. The summed E-state index contributed by atoms with van der Waals surface area (Å²) in [5.41, 5.74) is 0.473. The molecule has 0 aliphatic rings. The number of carbonyl (C=O) groups is 1. The Morgan fingerprint density at radius 3 is 2.62 bits per heavy atom. The van der Waals surface area contributed by atoms with Crippen LogP contribution in [0.15, 0.2) is 18.2 Å². The maximum Gasteiger partial charge on any atom is 0.405 e. The van der Waals surface area contributed by atoms with Gasteiger partial charge >= 0.3 is 6.18 Å². The second kappa shape index (κ2) is 7.26. The summed E-state index contributed by atoms with van der Waals surface area (Å²) in [7, 11) is 1.66. The molecule has 0 aliphatic heterocycles. The molecule has 1 atom stereocenters. The highest BCUT2D eigenvalue weighted by Gasteiger charge is 2.27. The Morgan fingerprint density at radius 2 is 2.05 bits per heavy atom. The van der Waals surface area contributed by atoms with E-state index in [0.717, 1.165) is 6.07 Å². The van der Waals surface area contributed by atoms with E-state index in [9.17, 15) is 22.4 Å². The van der Waals surface area contributed by atoms with Gasteiger partial charge in [0.15, 0.2) is 6.61 Å². The number of carbonyl (C=O) groups excluding carboxylic acids is 1. The predicted octanol–water partition coefficient (Wildman–Crippen LogP) is 2.16. The van der Waals surface area contributed by atoms with E-state index in [0.29, 0.717) is 5.56 Å². The molecule has 1 amide bonds. The average Bonchev–Trinajstić information content (AvgIpc) is 2.42. The topological polar surface area (TPSA) is 50.4 Å². The van der Waals surface area contributed by atoms with Crippen LogP contribution in [0, 0.1) is 5.82 Å². The van der Waals surface area contributed by atoms with E-state index >= 15 is 0 Å². The van der Waals surface area contributed by atoms with Crippen molar-refractivity contribution in [3.8, 4) is 5.75 Å². The molecule has 0 radical (unpaired) electrons. The molecule has 0 heterocycles. The molecule has 1 aromatic carbocycles. The van der Waals surface area contributed by atoms with Gasteiger partial charge in [0.2, 0.25) is 0 Å². The van der Waals surface area contributed by atoms with E-state index in [4.69, 9.17) is 4.74 Å². The van der Waals surface area contributed by atoms with E-state index in [1.807, 2.05) is 0 Å². The average molecular weight is 308 g/mol. The fourth-order valence-corrected chi connectivity index (χ4v) is 1.54. The first kappa shape index (κ1) is 17.2. The monoisotopic (exact) mass is 308 g/mol. The van der Waals surface area contributed by atoms with Crippen LogP contribution in [0.5, 0.6) is 5.75 Å². The summed E-state index contributed by atoms with van der Waals surface area (Å²) in [5.74, 6) is -1.14. The predicted molar refractivity (Wildman–Crippen MR) is 68.4 cm³/mol. The lowest BCUT2D eigenvalue weighted by Crippen LogP contribution is -2.36. The van der Waals surface area contributed by atoms with E-state index < -0.39 is 31.1 Å². The van der Waals surface area contributed by atoms with Gasteiger partial charge in [0.25, 0.3) is 5.91 Å². The Labute approximate surface area is 119 Å². The maximum atomic E-state index is 13.2. The molecule has 21 heavy (non-hydrogen) atoms. The summed E-state index contributed by atoms with van der Waals surface area (Å²) in [5, 5.41) is 4.57. The van der Waals surface area contributed by atoms with E-state index in [2.05, 4.69) is 5.32 Å². The zero-order valence-electron chi connectivity index (χ0n) is 11.6. The standard InChI is InChI=1S/C13H16F4N2O2/c1-8(18-2)10-5-9(14)3-4-11(10)21-6-12(20)19-7-13(15,16)17/h3-5,8,18H,6-7H2,1-2H3,(H,19,20). The summed E-state index contributed by atoms with van der Waals surface area (Å²) in [4.78, 5) is 11.3. The molecule has 0 fully saturated rings. The lowest BCUT2D eigenvalue weighted by molar-refractivity contribution is -0.139. The smallest absolute Gasteiger partial charge is 0.405 e. The van der Waals surface area contributed by atoms with Crippen molar-refractivity contribution in [3.05, 3.63) is 29.6 Å². The number of hydrogen-bond acceptors (Lipinski definition) is 3. The Bertz CT molecular complexity index is 492. The SMILES string of the molecule is CNC(C)c1cc(F)ccc1OCC(=O)NCC(F)(F)F. The van der Waals surface area contributed by atoms with Gasteiger partial charge in [-0.15, -0.1) is 0 Å². The van der Waals surface area contributed by atoms with Crippen molar-refractivity contribution >= 4 is 5.91 Å². The molecule has 1 aromatic rings. The van der Waals surface area contributed by atoms with Crippen LogP contribution >= 0.6 is 0 Å². The first-order valence-corrected chi connectivity index (χ1v) is 6.16. The molecule has 1 unspecified atom stereocenters. The van der Waals surface area contributed by atoms with Gasteiger partial charge in [0.05, 0.1) is 0 Å². The number of alkyl halides is 3. The zero-order valence-corrected chi connectivity index (χ0v) is 11.6. The van der Waals surface area contributed by atoms with E-state index in [-0.39, 0.29) is 11.8 Å². The fraction of sp³-hybridized carbons (Fsp3) is 0.462. The third kappa shape index (κ3) is 5.99. The lowest BCUT2D eigenvalue weighted by atomic mass is 10.1.